The van der Waals surface area contributed by atoms with E-state index < -0.39 is 0 Å². The number of amides is 1. The molecule has 2 heterocycles. The van der Waals surface area contributed by atoms with Crippen molar-refractivity contribution in [1.82, 2.24) is 15.5 Å². The van der Waals surface area contributed by atoms with Crippen molar-refractivity contribution in [2.24, 2.45) is 0 Å². The Hall–Kier alpha value is -1.95. The molecule has 2 aromatic heterocycles. The zero-order valence-electron chi connectivity index (χ0n) is 10.0. The third-order valence-corrected chi connectivity index (χ3v) is 3.56. The maximum Gasteiger partial charge on any atom is 0.263 e. The molecule has 0 aliphatic heterocycles. The number of fused-ring (bicyclic) bond motifs is 1. The minimum absolute atomic E-state index is 0.153. The van der Waals surface area contributed by atoms with E-state index in [0.29, 0.717) is 21.9 Å². The van der Waals surface area contributed by atoms with Gasteiger partial charge in [0.05, 0.1) is 11.9 Å². The Bertz CT molecular complexity index is 591. The van der Waals surface area contributed by atoms with Crippen LogP contribution in [0.15, 0.2) is 24.4 Å². The summed E-state index contributed by atoms with van der Waals surface area (Å²) in [5, 5.41) is 11.3. The highest BCUT2D eigenvalue weighted by molar-refractivity contribution is 7.21. The molecule has 0 bridgehead atoms. The van der Waals surface area contributed by atoms with Gasteiger partial charge in [-0.3, -0.25) is 4.79 Å². The topological polar surface area (TPSA) is 80.9 Å². The average molecular weight is 262 g/mol. The lowest BCUT2D eigenvalue weighted by Crippen LogP contribution is -2.23. The predicted molar refractivity (Wildman–Crippen MR) is 73.6 cm³/mol. The van der Waals surface area contributed by atoms with E-state index in [9.17, 15) is 4.79 Å². The molecular formula is C12H14N4OS. The predicted octanol–water partition coefficient (Wildman–Crippen LogP) is 1.97. The summed E-state index contributed by atoms with van der Waals surface area (Å²) in [6.45, 7) is 2.55. The van der Waals surface area contributed by atoms with E-state index in [1.807, 2.05) is 19.1 Å². The third-order valence-electron chi connectivity index (χ3n) is 2.46. The van der Waals surface area contributed by atoms with Gasteiger partial charge in [-0.1, -0.05) is 12.2 Å². The second kappa shape index (κ2) is 5.59. The van der Waals surface area contributed by atoms with Crippen molar-refractivity contribution >= 4 is 33.1 Å². The summed E-state index contributed by atoms with van der Waals surface area (Å²) >= 11 is 1.27. The maximum atomic E-state index is 11.9. The number of nitrogen functional groups attached to an aromatic ring is 1. The molecule has 94 valence electrons. The Labute approximate surface area is 109 Å². The van der Waals surface area contributed by atoms with Gasteiger partial charge in [0.1, 0.15) is 9.71 Å². The highest BCUT2D eigenvalue weighted by Gasteiger charge is 2.16. The van der Waals surface area contributed by atoms with Crippen LogP contribution in [0.3, 0.4) is 0 Å². The van der Waals surface area contributed by atoms with Crippen molar-refractivity contribution in [3.63, 3.8) is 0 Å². The van der Waals surface area contributed by atoms with Crippen molar-refractivity contribution in [1.29, 1.82) is 0 Å². The number of anilines is 1. The molecule has 0 fully saturated rings. The van der Waals surface area contributed by atoms with Gasteiger partial charge in [-0.25, -0.2) is 0 Å². The van der Waals surface area contributed by atoms with Gasteiger partial charge in [0.25, 0.3) is 5.91 Å². The number of carbonyl (C=O) groups excluding carboxylic acids is 1. The number of nitrogens with one attached hydrogen (secondary N) is 1. The molecule has 5 nitrogen and oxygen atoms in total. The number of allylic oxidation sites excluding steroid dienone is 1. The van der Waals surface area contributed by atoms with Crippen LogP contribution in [0.4, 0.5) is 5.69 Å². The average Bonchev–Trinajstić information content (AvgIpc) is 2.73. The molecule has 0 saturated heterocycles. The van der Waals surface area contributed by atoms with Crippen LogP contribution in [0, 0.1) is 0 Å². The monoisotopic (exact) mass is 262 g/mol. The number of aromatic nitrogens is 2. The molecular weight excluding hydrogens is 248 g/mol. The molecule has 0 aliphatic carbocycles. The second-order valence-electron chi connectivity index (χ2n) is 3.71. The fourth-order valence-corrected chi connectivity index (χ4v) is 2.51. The highest BCUT2D eigenvalue weighted by atomic mass is 32.1. The summed E-state index contributed by atoms with van der Waals surface area (Å²) in [5.74, 6) is -0.153. The van der Waals surface area contributed by atoms with E-state index in [-0.39, 0.29) is 5.91 Å². The lowest BCUT2D eigenvalue weighted by Gasteiger charge is -2.01. The minimum atomic E-state index is -0.153. The fraction of sp³-hybridized carbons (Fsp3) is 0.250. The molecule has 6 heteroatoms. The van der Waals surface area contributed by atoms with E-state index in [1.54, 1.807) is 12.3 Å². The van der Waals surface area contributed by atoms with E-state index in [1.165, 1.54) is 11.3 Å². The molecule has 0 aromatic carbocycles. The number of thiophene rings is 1. The summed E-state index contributed by atoms with van der Waals surface area (Å²) in [7, 11) is 0. The maximum absolute atomic E-state index is 11.9. The van der Waals surface area contributed by atoms with Crippen LogP contribution in [0.5, 0.6) is 0 Å². The van der Waals surface area contributed by atoms with E-state index in [0.717, 1.165) is 11.8 Å². The van der Waals surface area contributed by atoms with Crippen LogP contribution in [-0.4, -0.2) is 22.6 Å². The number of carbonyl (C=O) groups is 1. The molecule has 18 heavy (non-hydrogen) atoms. The van der Waals surface area contributed by atoms with Crippen molar-refractivity contribution < 1.29 is 4.79 Å². The van der Waals surface area contributed by atoms with Crippen molar-refractivity contribution in [2.45, 2.75) is 13.3 Å². The molecule has 0 atom stereocenters. The Kier molecular flexibility index (Phi) is 3.88. The summed E-state index contributed by atoms with van der Waals surface area (Å²) in [6.07, 6.45) is 6.33. The normalized spacial score (nSPS) is 11.2. The smallest absolute Gasteiger partial charge is 0.263 e. The van der Waals surface area contributed by atoms with Gasteiger partial charge in [0.2, 0.25) is 0 Å². The summed E-state index contributed by atoms with van der Waals surface area (Å²) < 4.78 is 0. The zero-order chi connectivity index (χ0) is 13.0. The first-order valence-corrected chi connectivity index (χ1v) is 6.44. The third kappa shape index (κ3) is 2.48. The molecule has 0 saturated carbocycles. The van der Waals surface area contributed by atoms with Crippen molar-refractivity contribution in [2.75, 3.05) is 12.3 Å². The molecule has 0 radical (unpaired) electrons. The van der Waals surface area contributed by atoms with Crippen LogP contribution in [0.1, 0.15) is 23.0 Å². The largest absolute Gasteiger partial charge is 0.397 e. The first-order chi connectivity index (χ1) is 8.74. The molecule has 2 aromatic rings. The standard InChI is InChI=1S/C12H14N4OS/c1-2-3-4-6-14-11(17)10-9(13)8-5-7-15-16-12(8)18-10/h2-3,5,7H,4,6,13H2,1H3,(H,14,17)/b3-2+. The van der Waals surface area contributed by atoms with Crippen LogP contribution < -0.4 is 11.1 Å². The Morgan fingerprint density at radius 1 is 1.61 bits per heavy atom. The van der Waals surface area contributed by atoms with Gasteiger partial charge < -0.3 is 11.1 Å². The first kappa shape index (κ1) is 12.5. The second-order valence-corrected chi connectivity index (χ2v) is 4.71. The van der Waals surface area contributed by atoms with Gasteiger partial charge in [-0.15, -0.1) is 16.4 Å². The van der Waals surface area contributed by atoms with Crippen molar-refractivity contribution in [3.8, 4) is 0 Å². The number of hydrogen-bond acceptors (Lipinski definition) is 5. The zero-order valence-corrected chi connectivity index (χ0v) is 10.8. The molecule has 0 spiro atoms. The number of nitrogens with zero attached hydrogens (tertiary/aromatic N) is 2. The number of nitrogens with two attached hydrogens (primary N) is 1. The van der Waals surface area contributed by atoms with E-state index in [2.05, 4.69) is 15.5 Å². The number of rotatable bonds is 4. The SMILES string of the molecule is C/C=C/CCNC(=O)c1sc2nnccc2c1N. The number of hydrogen-bond donors (Lipinski definition) is 2. The first-order valence-electron chi connectivity index (χ1n) is 5.63. The molecule has 0 aliphatic rings. The van der Waals surface area contributed by atoms with Gasteiger partial charge in [-0.2, -0.15) is 5.10 Å². The fourth-order valence-electron chi connectivity index (χ4n) is 1.56. The van der Waals surface area contributed by atoms with Gasteiger partial charge in [-0.05, 0) is 19.4 Å². The van der Waals surface area contributed by atoms with Gasteiger partial charge >= 0.3 is 0 Å². The minimum Gasteiger partial charge on any atom is -0.397 e. The van der Waals surface area contributed by atoms with E-state index in [4.69, 9.17) is 5.73 Å². The Morgan fingerprint density at radius 2 is 2.44 bits per heavy atom. The van der Waals surface area contributed by atoms with Crippen LogP contribution in [0.25, 0.3) is 10.2 Å². The van der Waals surface area contributed by atoms with Gasteiger partial charge in [0, 0.05) is 11.9 Å². The molecule has 1 amide bonds. The summed E-state index contributed by atoms with van der Waals surface area (Å²) in [4.78, 5) is 13.1. The van der Waals surface area contributed by atoms with E-state index >= 15 is 0 Å². The lowest BCUT2D eigenvalue weighted by molar-refractivity contribution is 0.0959. The highest BCUT2D eigenvalue weighted by Crippen LogP contribution is 2.31. The van der Waals surface area contributed by atoms with Crippen LogP contribution in [0.2, 0.25) is 0 Å². The molecule has 2 rings (SSSR count). The summed E-state index contributed by atoms with van der Waals surface area (Å²) in [6, 6.07) is 1.77. The van der Waals surface area contributed by atoms with Crippen molar-refractivity contribution in [3.05, 3.63) is 29.3 Å². The Morgan fingerprint density at radius 3 is 3.17 bits per heavy atom. The lowest BCUT2D eigenvalue weighted by atomic mass is 10.3. The van der Waals surface area contributed by atoms with Crippen LogP contribution >= 0.6 is 11.3 Å². The van der Waals surface area contributed by atoms with Gasteiger partial charge in [0.15, 0.2) is 0 Å². The molecule has 3 N–H and O–H groups in total. The molecule has 0 unspecified atom stereocenters. The summed E-state index contributed by atoms with van der Waals surface area (Å²) in [5.41, 5.74) is 6.42. The Balaban J connectivity index is 2.15. The van der Waals surface area contributed by atoms with Crippen LogP contribution in [-0.2, 0) is 0 Å². The quantitative estimate of drug-likeness (QED) is 0.652.